The molecule has 25 heavy (non-hydrogen) atoms. The molecule has 1 aliphatic rings. The van der Waals surface area contributed by atoms with Crippen molar-refractivity contribution in [2.45, 2.75) is 34.1 Å². The van der Waals surface area contributed by atoms with E-state index in [4.69, 9.17) is 0 Å². The van der Waals surface area contributed by atoms with E-state index in [1.807, 2.05) is 19.9 Å². The molecule has 0 bridgehead atoms. The molecule has 0 unspecified atom stereocenters. The lowest BCUT2D eigenvalue weighted by Gasteiger charge is -2.07. The Labute approximate surface area is 145 Å². The van der Waals surface area contributed by atoms with E-state index in [1.165, 1.54) is 22.2 Å². The van der Waals surface area contributed by atoms with Gasteiger partial charge in [-0.2, -0.15) is 0 Å². The maximum Gasteiger partial charge on any atom is 0.340 e. The first-order valence-corrected chi connectivity index (χ1v) is 8.12. The second-order valence-corrected chi connectivity index (χ2v) is 6.11. The molecule has 1 aliphatic heterocycles. The minimum Gasteiger partial charge on any atom is -0.466 e. The number of carbonyl (C=O) groups is 2. The van der Waals surface area contributed by atoms with Crippen molar-refractivity contribution < 1.29 is 14.3 Å². The summed E-state index contributed by atoms with van der Waals surface area (Å²) < 4.78 is 7.38. The summed E-state index contributed by atoms with van der Waals surface area (Å²) in [5.74, 6) is -0.730. The molecule has 0 fully saturated rings. The fraction of sp³-hybridized carbons (Fsp3) is 0.316. The van der Waals surface area contributed by atoms with Crippen molar-refractivity contribution in [3.05, 3.63) is 50.7 Å². The summed E-state index contributed by atoms with van der Waals surface area (Å²) in [4.78, 5) is 36.9. The largest absolute Gasteiger partial charge is 0.466 e. The predicted molar refractivity (Wildman–Crippen MR) is 95.7 cm³/mol. The van der Waals surface area contributed by atoms with Gasteiger partial charge in [-0.25, -0.2) is 14.2 Å². The third-order valence-corrected chi connectivity index (χ3v) is 4.88. The zero-order chi connectivity index (χ0) is 18.5. The molecule has 0 amide bonds. The van der Waals surface area contributed by atoms with Crippen LogP contribution >= 0.6 is 0 Å². The molecular formula is C19H20N2O4. The number of fused-ring (bicyclic) bond motifs is 2. The van der Waals surface area contributed by atoms with Gasteiger partial charge in [-0.1, -0.05) is 6.92 Å². The topological polar surface area (TPSA) is 69.8 Å². The highest BCUT2D eigenvalue weighted by atomic mass is 16.5. The number of carbonyl (C=O) groups excluding carboxylic acids is 2. The van der Waals surface area contributed by atoms with Crippen molar-refractivity contribution in [3.63, 3.8) is 0 Å². The van der Waals surface area contributed by atoms with E-state index in [9.17, 15) is 14.4 Å². The standard InChI is InChI=1S/C19H20N2O4/c1-6-13-11(3)18(23)21-16(13)9-15-10(2)14(7-8-17(22)25-5)12(4)20(15)19(21)24/h7-9H,6H2,1-5H3/b8-7+. The van der Waals surface area contributed by atoms with Gasteiger partial charge in [-0.3, -0.25) is 9.20 Å². The van der Waals surface area contributed by atoms with Gasteiger partial charge in [0.05, 0.1) is 18.3 Å². The lowest BCUT2D eigenvalue weighted by atomic mass is 10.1. The van der Waals surface area contributed by atoms with Crippen molar-refractivity contribution in [1.82, 2.24) is 8.97 Å². The van der Waals surface area contributed by atoms with Crippen LogP contribution in [0.4, 0.5) is 0 Å². The Morgan fingerprint density at radius 1 is 1.24 bits per heavy atom. The molecule has 0 saturated heterocycles. The number of aryl methyl sites for hydroxylation is 2. The first-order valence-electron chi connectivity index (χ1n) is 8.12. The van der Waals surface area contributed by atoms with Crippen LogP contribution in [0.3, 0.4) is 0 Å². The summed E-state index contributed by atoms with van der Waals surface area (Å²) in [6.07, 6.45) is 3.65. The Morgan fingerprint density at radius 2 is 1.92 bits per heavy atom. The van der Waals surface area contributed by atoms with Gasteiger partial charge in [0, 0.05) is 17.3 Å². The smallest absolute Gasteiger partial charge is 0.340 e. The molecule has 6 heteroatoms. The van der Waals surface area contributed by atoms with E-state index in [0.29, 0.717) is 23.4 Å². The van der Waals surface area contributed by atoms with Crippen molar-refractivity contribution >= 4 is 29.0 Å². The highest BCUT2D eigenvalue weighted by Gasteiger charge is 2.29. The average Bonchev–Trinajstić information content (AvgIpc) is 2.98. The maximum atomic E-state index is 13.0. The molecule has 2 aromatic heterocycles. The highest BCUT2D eigenvalue weighted by Crippen LogP contribution is 2.31. The Bertz CT molecular complexity index is 1050. The number of aromatic nitrogens is 2. The molecule has 0 aromatic carbocycles. The summed E-state index contributed by atoms with van der Waals surface area (Å²) in [5.41, 5.74) is 4.88. The molecule has 6 nitrogen and oxygen atoms in total. The third-order valence-electron chi connectivity index (χ3n) is 4.88. The van der Waals surface area contributed by atoms with Crippen LogP contribution in [0, 0.1) is 13.8 Å². The molecule has 3 heterocycles. The molecule has 130 valence electrons. The highest BCUT2D eigenvalue weighted by molar-refractivity contribution is 6.08. The predicted octanol–water partition coefficient (Wildman–Crippen LogP) is 2.74. The number of nitrogens with zero attached hydrogens (tertiary/aromatic N) is 2. The first-order chi connectivity index (χ1) is 11.8. The molecule has 0 radical (unpaired) electrons. The van der Waals surface area contributed by atoms with Crippen LogP contribution in [-0.2, 0) is 9.53 Å². The van der Waals surface area contributed by atoms with E-state index in [2.05, 4.69) is 4.74 Å². The van der Waals surface area contributed by atoms with Crippen LogP contribution < -0.4 is 5.69 Å². The van der Waals surface area contributed by atoms with E-state index in [-0.39, 0.29) is 11.6 Å². The number of methoxy groups -OCH3 is 1. The summed E-state index contributed by atoms with van der Waals surface area (Å²) in [6, 6.07) is 1.88. The minimum absolute atomic E-state index is 0.267. The number of hydrogen-bond donors (Lipinski definition) is 0. The van der Waals surface area contributed by atoms with Crippen molar-refractivity contribution in [3.8, 4) is 0 Å². The van der Waals surface area contributed by atoms with Crippen LogP contribution in [0.2, 0.25) is 0 Å². The van der Waals surface area contributed by atoms with Crippen LogP contribution in [0.15, 0.2) is 22.5 Å². The zero-order valence-corrected chi connectivity index (χ0v) is 15.0. The summed E-state index contributed by atoms with van der Waals surface area (Å²) in [5, 5.41) is 0. The SMILES string of the molecule is CCC1=C(C)C(=O)n2c1cc1c(C)c(/C=C/C(=O)OC)c(C)n1c2=O. The fourth-order valence-corrected chi connectivity index (χ4v) is 3.51. The Balaban J connectivity index is 2.34. The fourth-order valence-electron chi connectivity index (χ4n) is 3.51. The van der Waals surface area contributed by atoms with Crippen LogP contribution in [0.25, 0.3) is 17.2 Å². The summed E-state index contributed by atoms with van der Waals surface area (Å²) in [6.45, 7) is 7.42. The lowest BCUT2D eigenvalue weighted by molar-refractivity contribution is -0.134. The lowest BCUT2D eigenvalue weighted by Crippen LogP contribution is -2.31. The number of esters is 1. The second-order valence-electron chi connectivity index (χ2n) is 6.11. The number of rotatable bonds is 3. The summed E-state index contributed by atoms with van der Waals surface area (Å²) >= 11 is 0. The van der Waals surface area contributed by atoms with Crippen molar-refractivity contribution in [1.29, 1.82) is 0 Å². The van der Waals surface area contributed by atoms with E-state index in [1.54, 1.807) is 19.9 Å². The Morgan fingerprint density at radius 3 is 2.52 bits per heavy atom. The molecule has 0 aliphatic carbocycles. The van der Waals surface area contributed by atoms with Gasteiger partial charge in [0.25, 0.3) is 5.91 Å². The van der Waals surface area contributed by atoms with E-state index >= 15 is 0 Å². The quantitative estimate of drug-likeness (QED) is 0.636. The average molecular weight is 340 g/mol. The molecular weight excluding hydrogens is 320 g/mol. The molecule has 3 rings (SSSR count). The van der Waals surface area contributed by atoms with Gasteiger partial charge >= 0.3 is 11.7 Å². The molecule has 2 aromatic rings. The second kappa shape index (κ2) is 5.88. The Hall–Kier alpha value is -2.89. The van der Waals surface area contributed by atoms with Gasteiger partial charge in [0.2, 0.25) is 0 Å². The van der Waals surface area contributed by atoms with Gasteiger partial charge < -0.3 is 4.74 Å². The molecule has 0 spiro atoms. The normalized spacial score (nSPS) is 14.0. The van der Waals surface area contributed by atoms with E-state index < -0.39 is 5.97 Å². The number of allylic oxidation sites excluding steroid dienone is 2. The first kappa shape index (κ1) is 17.0. The van der Waals surface area contributed by atoms with Gasteiger partial charge in [-0.15, -0.1) is 0 Å². The van der Waals surface area contributed by atoms with Crippen LogP contribution in [0.5, 0.6) is 0 Å². The maximum absolute atomic E-state index is 13.0. The van der Waals surface area contributed by atoms with Gasteiger partial charge in [-0.05, 0) is 56.0 Å². The van der Waals surface area contributed by atoms with Crippen LogP contribution in [-0.4, -0.2) is 28.0 Å². The third kappa shape index (κ3) is 2.28. The van der Waals surface area contributed by atoms with Gasteiger partial charge in [0.15, 0.2) is 0 Å². The van der Waals surface area contributed by atoms with Crippen molar-refractivity contribution in [2.75, 3.05) is 7.11 Å². The molecule has 0 saturated carbocycles. The van der Waals surface area contributed by atoms with Crippen LogP contribution in [0.1, 0.15) is 47.6 Å². The Kier molecular flexibility index (Phi) is 3.99. The number of ether oxygens (including phenoxy) is 1. The molecule has 0 N–H and O–H groups in total. The monoisotopic (exact) mass is 340 g/mol. The minimum atomic E-state index is -0.463. The summed E-state index contributed by atoms with van der Waals surface area (Å²) in [7, 11) is 1.31. The molecule has 0 atom stereocenters. The number of hydrogen-bond acceptors (Lipinski definition) is 4. The van der Waals surface area contributed by atoms with E-state index in [0.717, 1.165) is 22.2 Å². The van der Waals surface area contributed by atoms with Gasteiger partial charge in [0.1, 0.15) is 0 Å². The zero-order valence-electron chi connectivity index (χ0n) is 15.0. The van der Waals surface area contributed by atoms with Crippen molar-refractivity contribution in [2.24, 2.45) is 0 Å².